The standard InChI is InChI=1S/C8H16FNO/c1-2-8(9,6-10)7-3-4-11-5-7/h7H,2-6,10H2,1H3. The molecule has 3 heteroatoms. The molecule has 2 unspecified atom stereocenters. The van der Waals surface area contributed by atoms with Gasteiger partial charge in [-0.2, -0.15) is 0 Å². The van der Waals surface area contributed by atoms with Crippen LogP contribution in [0.5, 0.6) is 0 Å². The third kappa shape index (κ3) is 1.71. The highest BCUT2D eigenvalue weighted by Gasteiger charge is 2.38. The van der Waals surface area contributed by atoms with Gasteiger partial charge in [-0.25, -0.2) is 4.39 Å². The third-order valence-electron chi connectivity index (χ3n) is 2.59. The van der Waals surface area contributed by atoms with Crippen molar-refractivity contribution in [3.8, 4) is 0 Å². The molecule has 1 aliphatic heterocycles. The van der Waals surface area contributed by atoms with Gasteiger partial charge in [0.1, 0.15) is 5.67 Å². The molecule has 1 aliphatic rings. The molecule has 0 radical (unpaired) electrons. The summed E-state index contributed by atoms with van der Waals surface area (Å²) < 4.78 is 18.9. The number of hydrogen-bond donors (Lipinski definition) is 1. The first-order valence-corrected chi connectivity index (χ1v) is 4.19. The minimum atomic E-state index is -1.18. The Balaban J connectivity index is 2.52. The van der Waals surface area contributed by atoms with E-state index in [1.54, 1.807) is 0 Å². The molecule has 0 aromatic rings. The Labute approximate surface area is 66.9 Å². The molecule has 1 fully saturated rings. The van der Waals surface area contributed by atoms with E-state index in [0.717, 1.165) is 6.42 Å². The summed E-state index contributed by atoms with van der Waals surface area (Å²) in [6.07, 6.45) is 1.32. The summed E-state index contributed by atoms with van der Waals surface area (Å²) in [6, 6.07) is 0. The molecule has 0 spiro atoms. The second kappa shape index (κ2) is 3.50. The van der Waals surface area contributed by atoms with E-state index in [2.05, 4.69) is 0 Å². The van der Waals surface area contributed by atoms with Crippen LogP contribution in [0.2, 0.25) is 0 Å². The van der Waals surface area contributed by atoms with E-state index >= 15 is 0 Å². The molecular weight excluding hydrogens is 145 g/mol. The Morgan fingerprint density at radius 2 is 2.45 bits per heavy atom. The number of nitrogens with two attached hydrogens (primary N) is 1. The van der Waals surface area contributed by atoms with Gasteiger partial charge >= 0.3 is 0 Å². The Morgan fingerprint density at radius 1 is 1.73 bits per heavy atom. The monoisotopic (exact) mass is 161 g/mol. The maximum Gasteiger partial charge on any atom is 0.128 e. The van der Waals surface area contributed by atoms with E-state index < -0.39 is 5.67 Å². The quantitative estimate of drug-likeness (QED) is 0.672. The zero-order valence-corrected chi connectivity index (χ0v) is 6.98. The van der Waals surface area contributed by atoms with E-state index in [9.17, 15) is 4.39 Å². The van der Waals surface area contributed by atoms with Crippen molar-refractivity contribution < 1.29 is 9.13 Å². The number of halogens is 1. The second-order valence-corrected chi connectivity index (χ2v) is 3.15. The maximum absolute atomic E-state index is 13.8. The molecule has 1 saturated heterocycles. The van der Waals surface area contributed by atoms with Gasteiger partial charge in [0.15, 0.2) is 0 Å². The van der Waals surface area contributed by atoms with Crippen LogP contribution in [0.3, 0.4) is 0 Å². The van der Waals surface area contributed by atoms with Crippen molar-refractivity contribution >= 4 is 0 Å². The molecule has 0 aromatic carbocycles. The van der Waals surface area contributed by atoms with Gasteiger partial charge in [-0.15, -0.1) is 0 Å². The molecule has 0 amide bonds. The molecule has 1 rings (SSSR count). The zero-order chi connectivity index (χ0) is 8.32. The van der Waals surface area contributed by atoms with Gasteiger partial charge in [0.2, 0.25) is 0 Å². The molecule has 2 N–H and O–H groups in total. The van der Waals surface area contributed by atoms with Gasteiger partial charge < -0.3 is 10.5 Å². The van der Waals surface area contributed by atoms with Crippen LogP contribution in [0.1, 0.15) is 19.8 Å². The Kier molecular flexibility index (Phi) is 2.84. The lowest BCUT2D eigenvalue weighted by Gasteiger charge is -2.27. The number of ether oxygens (including phenoxy) is 1. The molecule has 66 valence electrons. The summed E-state index contributed by atoms with van der Waals surface area (Å²) in [5.74, 6) is 0.0255. The van der Waals surface area contributed by atoms with Crippen molar-refractivity contribution in [1.82, 2.24) is 0 Å². The highest BCUT2D eigenvalue weighted by atomic mass is 19.1. The number of alkyl halides is 1. The highest BCUT2D eigenvalue weighted by Crippen LogP contribution is 2.31. The van der Waals surface area contributed by atoms with Crippen LogP contribution >= 0.6 is 0 Å². The minimum Gasteiger partial charge on any atom is -0.381 e. The van der Waals surface area contributed by atoms with E-state index in [1.165, 1.54) is 0 Å². The van der Waals surface area contributed by atoms with Gasteiger partial charge in [0.25, 0.3) is 0 Å². The Bertz CT molecular complexity index is 119. The molecular formula is C8H16FNO. The first-order valence-electron chi connectivity index (χ1n) is 4.19. The van der Waals surface area contributed by atoms with Gasteiger partial charge in [-0.1, -0.05) is 6.92 Å². The normalized spacial score (nSPS) is 30.3. The summed E-state index contributed by atoms with van der Waals surface area (Å²) >= 11 is 0. The summed E-state index contributed by atoms with van der Waals surface area (Å²) in [5.41, 5.74) is 4.18. The van der Waals surface area contributed by atoms with Crippen molar-refractivity contribution in [2.45, 2.75) is 25.4 Å². The van der Waals surface area contributed by atoms with Crippen LogP contribution in [0.15, 0.2) is 0 Å². The average Bonchev–Trinajstić information content (AvgIpc) is 2.55. The summed E-state index contributed by atoms with van der Waals surface area (Å²) in [6.45, 7) is 3.20. The first-order chi connectivity index (χ1) is 5.23. The van der Waals surface area contributed by atoms with Crippen molar-refractivity contribution in [1.29, 1.82) is 0 Å². The first kappa shape index (κ1) is 8.94. The minimum absolute atomic E-state index is 0.0255. The Morgan fingerprint density at radius 3 is 2.82 bits per heavy atom. The summed E-state index contributed by atoms with van der Waals surface area (Å²) in [5, 5.41) is 0. The van der Waals surface area contributed by atoms with Crippen LogP contribution in [-0.4, -0.2) is 25.4 Å². The predicted octanol–water partition coefficient (Wildman–Crippen LogP) is 1.10. The van der Waals surface area contributed by atoms with Crippen molar-refractivity contribution in [2.75, 3.05) is 19.8 Å². The average molecular weight is 161 g/mol. The number of hydrogen-bond acceptors (Lipinski definition) is 2. The van der Waals surface area contributed by atoms with Crippen LogP contribution in [-0.2, 0) is 4.74 Å². The highest BCUT2D eigenvalue weighted by molar-refractivity contribution is 4.88. The second-order valence-electron chi connectivity index (χ2n) is 3.15. The van der Waals surface area contributed by atoms with E-state index in [0.29, 0.717) is 19.6 Å². The molecule has 1 heterocycles. The van der Waals surface area contributed by atoms with Crippen molar-refractivity contribution in [3.05, 3.63) is 0 Å². The fraction of sp³-hybridized carbons (Fsp3) is 1.00. The molecule has 11 heavy (non-hydrogen) atoms. The molecule has 0 aliphatic carbocycles. The van der Waals surface area contributed by atoms with Gasteiger partial charge in [0.05, 0.1) is 6.61 Å². The van der Waals surface area contributed by atoms with Crippen LogP contribution in [0, 0.1) is 5.92 Å². The maximum atomic E-state index is 13.8. The van der Waals surface area contributed by atoms with Gasteiger partial charge in [-0.3, -0.25) is 0 Å². The fourth-order valence-electron chi connectivity index (χ4n) is 1.54. The summed E-state index contributed by atoms with van der Waals surface area (Å²) in [4.78, 5) is 0. The largest absolute Gasteiger partial charge is 0.381 e. The number of rotatable bonds is 3. The van der Waals surface area contributed by atoms with Crippen molar-refractivity contribution in [3.63, 3.8) is 0 Å². The molecule has 0 bridgehead atoms. The zero-order valence-electron chi connectivity index (χ0n) is 6.98. The molecule has 0 aromatic heterocycles. The lowest BCUT2D eigenvalue weighted by molar-refractivity contribution is 0.0708. The van der Waals surface area contributed by atoms with Crippen LogP contribution in [0.4, 0.5) is 4.39 Å². The summed E-state index contributed by atoms with van der Waals surface area (Å²) in [7, 11) is 0. The third-order valence-corrected chi connectivity index (χ3v) is 2.59. The lowest BCUT2D eigenvalue weighted by Crippen LogP contribution is -2.40. The van der Waals surface area contributed by atoms with E-state index in [4.69, 9.17) is 10.5 Å². The van der Waals surface area contributed by atoms with E-state index in [-0.39, 0.29) is 12.5 Å². The topological polar surface area (TPSA) is 35.2 Å². The lowest BCUT2D eigenvalue weighted by atomic mass is 9.86. The van der Waals surface area contributed by atoms with Gasteiger partial charge in [-0.05, 0) is 12.8 Å². The van der Waals surface area contributed by atoms with Gasteiger partial charge in [0, 0.05) is 19.1 Å². The SMILES string of the molecule is CCC(F)(CN)C1CCOC1. The predicted molar refractivity (Wildman–Crippen MR) is 42.1 cm³/mol. The van der Waals surface area contributed by atoms with Crippen LogP contribution in [0.25, 0.3) is 0 Å². The fourth-order valence-corrected chi connectivity index (χ4v) is 1.54. The van der Waals surface area contributed by atoms with Crippen molar-refractivity contribution in [2.24, 2.45) is 11.7 Å². The Hall–Kier alpha value is -0.150. The molecule has 0 saturated carbocycles. The smallest absolute Gasteiger partial charge is 0.128 e. The van der Waals surface area contributed by atoms with E-state index in [1.807, 2.05) is 6.92 Å². The molecule has 2 nitrogen and oxygen atoms in total. The molecule has 2 atom stereocenters. The van der Waals surface area contributed by atoms with Crippen LogP contribution < -0.4 is 5.73 Å².